The average molecular weight is 330 g/mol. The van der Waals surface area contributed by atoms with Crippen LogP contribution in [0.25, 0.3) is 0 Å². The van der Waals surface area contributed by atoms with Crippen molar-refractivity contribution in [1.82, 2.24) is 10.2 Å². The van der Waals surface area contributed by atoms with Gasteiger partial charge in [-0.2, -0.15) is 0 Å². The molecule has 1 amide bonds. The molecule has 1 aromatic carbocycles. The number of piperazine rings is 1. The van der Waals surface area contributed by atoms with Gasteiger partial charge in [0.05, 0.1) is 0 Å². The van der Waals surface area contributed by atoms with E-state index < -0.39 is 11.4 Å². The number of carbonyl (C=O) groups excluding carboxylic acids is 1. The summed E-state index contributed by atoms with van der Waals surface area (Å²) in [5, 5.41) is 3.24. The van der Waals surface area contributed by atoms with Gasteiger partial charge >= 0.3 is 0 Å². The minimum Gasteiger partial charge on any atom is -0.368 e. The topological polar surface area (TPSA) is 58.4 Å². The maximum absolute atomic E-state index is 13.2. The molecule has 19 heavy (non-hydrogen) atoms. The van der Waals surface area contributed by atoms with Crippen LogP contribution in [0.15, 0.2) is 22.7 Å². The summed E-state index contributed by atoms with van der Waals surface area (Å²) in [5.74, 6) is -0.774. The predicted octanol–water partition coefficient (Wildman–Crippen LogP) is 1.19. The molecule has 1 aliphatic rings. The lowest BCUT2D eigenvalue weighted by atomic mass is 9.88. The Morgan fingerprint density at radius 1 is 1.47 bits per heavy atom. The first-order valence-corrected chi connectivity index (χ1v) is 6.96. The van der Waals surface area contributed by atoms with E-state index in [1.807, 2.05) is 4.90 Å². The Kier molecular flexibility index (Phi) is 4.23. The molecule has 1 saturated heterocycles. The Labute approximate surface area is 120 Å². The summed E-state index contributed by atoms with van der Waals surface area (Å²) in [6.07, 6.45) is 0. The van der Waals surface area contributed by atoms with Crippen molar-refractivity contribution >= 4 is 21.8 Å². The molecule has 2 rings (SSSR count). The second kappa shape index (κ2) is 5.56. The molecule has 104 valence electrons. The number of nitrogens with two attached hydrogens (primary N) is 1. The fourth-order valence-electron chi connectivity index (χ4n) is 2.46. The summed E-state index contributed by atoms with van der Waals surface area (Å²) < 4.78 is 13.8. The second-order valence-corrected chi connectivity index (χ2v) is 5.65. The molecule has 1 aromatic rings. The van der Waals surface area contributed by atoms with Gasteiger partial charge in [-0.1, -0.05) is 22.0 Å². The molecule has 0 aromatic heterocycles. The number of carbonyl (C=O) groups is 1. The predicted molar refractivity (Wildman–Crippen MR) is 75.1 cm³/mol. The van der Waals surface area contributed by atoms with Crippen molar-refractivity contribution in [2.45, 2.75) is 12.5 Å². The molecule has 1 aliphatic heterocycles. The van der Waals surface area contributed by atoms with Gasteiger partial charge in [0, 0.05) is 30.7 Å². The van der Waals surface area contributed by atoms with E-state index in [0.29, 0.717) is 10.0 Å². The van der Waals surface area contributed by atoms with E-state index in [9.17, 15) is 9.18 Å². The number of hydrogen-bond donors (Lipinski definition) is 2. The van der Waals surface area contributed by atoms with Crippen molar-refractivity contribution in [3.05, 3.63) is 34.1 Å². The van der Waals surface area contributed by atoms with Crippen molar-refractivity contribution < 1.29 is 9.18 Å². The Balaban J connectivity index is 2.46. The third-order valence-electron chi connectivity index (χ3n) is 3.68. The highest BCUT2D eigenvalue weighted by molar-refractivity contribution is 9.10. The minimum absolute atomic E-state index is 0.345. The van der Waals surface area contributed by atoms with Crippen LogP contribution in [0.4, 0.5) is 4.39 Å². The second-order valence-electron chi connectivity index (χ2n) is 4.80. The summed E-state index contributed by atoms with van der Waals surface area (Å²) in [6.45, 7) is 4.86. The number of primary amides is 1. The highest BCUT2D eigenvalue weighted by Crippen LogP contribution is 2.34. The normalized spacial score (nSPS) is 19.9. The lowest BCUT2D eigenvalue weighted by Gasteiger charge is -2.42. The highest BCUT2D eigenvalue weighted by atomic mass is 79.9. The molecule has 0 aliphatic carbocycles. The van der Waals surface area contributed by atoms with Gasteiger partial charge in [-0.05, 0) is 24.6 Å². The van der Waals surface area contributed by atoms with Crippen molar-refractivity contribution in [3.63, 3.8) is 0 Å². The zero-order valence-electron chi connectivity index (χ0n) is 10.7. The van der Waals surface area contributed by atoms with E-state index in [0.717, 1.165) is 26.2 Å². The van der Waals surface area contributed by atoms with E-state index in [1.165, 1.54) is 12.1 Å². The molecule has 1 heterocycles. The average Bonchev–Trinajstić information content (AvgIpc) is 2.38. The molecule has 6 heteroatoms. The van der Waals surface area contributed by atoms with E-state index >= 15 is 0 Å². The van der Waals surface area contributed by atoms with Gasteiger partial charge in [0.25, 0.3) is 0 Å². The van der Waals surface area contributed by atoms with Crippen LogP contribution in [-0.4, -0.2) is 37.0 Å². The van der Waals surface area contributed by atoms with Crippen LogP contribution in [0.2, 0.25) is 0 Å². The quantitative estimate of drug-likeness (QED) is 0.875. The fraction of sp³-hybridized carbons (Fsp3) is 0.462. The highest BCUT2D eigenvalue weighted by Gasteiger charge is 2.41. The van der Waals surface area contributed by atoms with E-state index in [4.69, 9.17) is 5.73 Å². The van der Waals surface area contributed by atoms with Crippen molar-refractivity contribution in [3.8, 4) is 0 Å². The maximum Gasteiger partial charge on any atom is 0.242 e. The molecule has 0 radical (unpaired) electrons. The first kappa shape index (κ1) is 14.4. The number of hydrogen-bond acceptors (Lipinski definition) is 3. The van der Waals surface area contributed by atoms with Gasteiger partial charge in [0.15, 0.2) is 0 Å². The third-order valence-corrected chi connectivity index (χ3v) is 4.34. The minimum atomic E-state index is -0.936. The monoisotopic (exact) mass is 329 g/mol. The van der Waals surface area contributed by atoms with E-state index in [-0.39, 0.29) is 5.82 Å². The molecular weight excluding hydrogens is 313 g/mol. The van der Waals surface area contributed by atoms with Crippen LogP contribution >= 0.6 is 15.9 Å². The SMILES string of the molecule is CC(C(N)=O)(c1ccc(F)cc1Br)N1CCNCC1. The van der Waals surface area contributed by atoms with Crippen molar-refractivity contribution in [2.75, 3.05) is 26.2 Å². The van der Waals surface area contributed by atoms with Crippen LogP contribution in [0, 0.1) is 5.82 Å². The van der Waals surface area contributed by atoms with Gasteiger partial charge in [-0.3, -0.25) is 9.69 Å². The molecule has 3 N–H and O–H groups in total. The summed E-state index contributed by atoms with van der Waals surface area (Å²) in [4.78, 5) is 14.0. The smallest absolute Gasteiger partial charge is 0.242 e. The number of halogens is 2. The van der Waals surface area contributed by atoms with E-state index in [2.05, 4.69) is 21.2 Å². The molecule has 1 fully saturated rings. The zero-order valence-corrected chi connectivity index (χ0v) is 12.3. The van der Waals surface area contributed by atoms with Crippen LogP contribution < -0.4 is 11.1 Å². The lowest BCUT2D eigenvalue weighted by molar-refractivity contribution is -0.130. The number of nitrogens with zero attached hydrogens (tertiary/aromatic N) is 1. The van der Waals surface area contributed by atoms with Gasteiger partial charge in [0.1, 0.15) is 11.4 Å². The first-order chi connectivity index (χ1) is 8.96. The van der Waals surface area contributed by atoms with Crippen LogP contribution in [0.3, 0.4) is 0 Å². The number of amides is 1. The fourth-order valence-corrected chi connectivity index (χ4v) is 3.19. The summed E-state index contributed by atoms with van der Waals surface area (Å²) in [5.41, 5.74) is 5.39. The Morgan fingerprint density at radius 3 is 2.63 bits per heavy atom. The molecule has 1 atom stereocenters. The molecule has 0 bridgehead atoms. The van der Waals surface area contributed by atoms with E-state index in [1.54, 1.807) is 13.0 Å². The maximum atomic E-state index is 13.2. The first-order valence-electron chi connectivity index (χ1n) is 6.17. The number of benzene rings is 1. The summed E-state index contributed by atoms with van der Waals surface area (Å²) in [7, 11) is 0. The lowest BCUT2D eigenvalue weighted by Crippen LogP contribution is -2.58. The summed E-state index contributed by atoms with van der Waals surface area (Å²) in [6, 6.07) is 4.33. The Hall–Kier alpha value is -0.980. The zero-order chi connectivity index (χ0) is 14.0. The van der Waals surface area contributed by atoms with Crippen LogP contribution in [0.1, 0.15) is 12.5 Å². The number of rotatable bonds is 3. The third kappa shape index (κ3) is 2.66. The Morgan fingerprint density at radius 2 is 2.11 bits per heavy atom. The van der Waals surface area contributed by atoms with Crippen molar-refractivity contribution in [2.24, 2.45) is 5.73 Å². The van der Waals surface area contributed by atoms with Crippen molar-refractivity contribution in [1.29, 1.82) is 0 Å². The molecule has 4 nitrogen and oxygen atoms in total. The summed E-state index contributed by atoms with van der Waals surface area (Å²) >= 11 is 3.33. The molecule has 0 saturated carbocycles. The number of nitrogens with one attached hydrogen (secondary N) is 1. The van der Waals surface area contributed by atoms with Gasteiger partial charge in [-0.15, -0.1) is 0 Å². The van der Waals surface area contributed by atoms with Crippen LogP contribution in [-0.2, 0) is 10.3 Å². The molecule has 1 unspecified atom stereocenters. The van der Waals surface area contributed by atoms with Gasteiger partial charge in [0.2, 0.25) is 5.91 Å². The Bertz CT molecular complexity index is 491. The molecular formula is C13H17BrFN3O. The van der Waals surface area contributed by atoms with Gasteiger partial charge < -0.3 is 11.1 Å². The molecule has 0 spiro atoms. The van der Waals surface area contributed by atoms with Gasteiger partial charge in [-0.25, -0.2) is 4.39 Å². The standard InChI is InChI=1S/C13H17BrFN3O/c1-13(12(16)19,18-6-4-17-5-7-18)10-3-2-9(15)8-11(10)14/h2-3,8,17H,4-7H2,1H3,(H2,16,19). The largest absolute Gasteiger partial charge is 0.368 e. The van der Waals surface area contributed by atoms with Crippen LogP contribution in [0.5, 0.6) is 0 Å².